The van der Waals surface area contributed by atoms with Crippen LogP contribution < -0.4 is 10.6 Å². The van der Waals surface area contributed by atoms with Crippen molar-refractivity contribution >= 4 is 34.2 Å². The van der Waals surface area contributed by atoms with E-state index in [1.807, 2.05) is 30.3 Å². The summed E-state index contributed by atoms with van der Waals surface area (Å²) in [5, 5.41) is 12.9. The second kappa shape index (κ2) is 5.41. The lowest BCUT2D eigenvalue weighted by molar-refractivity contribution is -0.133. The molecule has 0 spiro atoms. The number of carbonyl (C=O) groups excluding carboxylic acids is 2. The van der Waals surface area contributed by atoms with Crippen LogP contribution in [-0.2, 0) is 9.59 Å². The molecule has 7 heteroatoms. The molecule has 2 aromatic carbocycles. The number of carbonyl (C=O) groups is 2. The van der Waals surface area contributed by atoms with E-state index in [1.54, 1.807) is 12.1 Å². The molecular weight excluding hydrogens is 270 g/mol. The largest absolute Gasteiger partial charge is 0.318 e. The molecule has 0 fully saturated rings. The van der Waals surface area contributed by atoms with Crippen LogP contribution in [0.25, 0.3) is 10.8 Å². The van der Waals surface area contributed by atoms with E-state index in [9.17, 15) is 9.59 Å². The van der Waals surface area contributed by atoms with Crippen molar-refractivity contribution in [2.75, 3.05) is 10.6 Å². The van der Waals surface area contributed by atoms with E-state index in [-0.39, 0.29) is 5.95 Å². The number of hydrogen-bond donors (Lipinski definition) is 3. The predicted octanol–water partition coefficient (Wildman–Crippen LogP) is 1.54. The summed E-state index contributed by atoms with van der Waals surface area (Å²) in [5.74, 6) is -1.48. The quantitative estimate of drug-likeness (QED) is 0.620. The van der Waals surface area contributed by atoms with Gasteiger partial charge in [0.2, 0.25) is 5.95 Å². The number of hydrogen-bond acceptors (Lipinski definition) is 4. The van der Waals surface area contributed by atoms with E-state index < -0.39 is 11.8 Å². The lowest BCUT2D eigenvalue weighted by Gasteiger charge is -2.06. The summed E-state index contributed by atoms with van der Waals surface area (Å²) in [6.07, 6.45) is 1.23. The minimum Gasteiger partial charge on any atom is -0.318 e. The minimum absolute atomic E-state index is 0.119. The summed E-state index contributed by atoms with van der Waals surface area (Å²) in [6, 6.07) is 13.2. The Morgan fingerprint density at radius 3 is 2.48 bits per heavy atom. The first-order valence-corrected chi connectivity index (χ1v) is 6.19. The van der Waals surface area contributed by atoms with Gasteiger partial charge in [-0.2, -0.15) is 10.1 Å². The van der Waals surface area contributed by atoms with Crippen LogP contribution >= 0.6 is 0 Å². The zero-order valence-corrected chi connectivity index (χ0v) is 10.8. The molecule has 0 aliphatic carbocycles. The maximum Gasteiger partial charge on any atom is 0.316 e. The Balaban J connectivity index is 1.72. The van der Waals surface area contributed by atoms with Crippen molar-refractivity contribution in [2.45, 2.75) is 0 Å². The molecule has 3 aromatic rings. The van der Waals surface area contributed by atoms with Gasteiger partial charge in [-0.3, -0.25) is 14.9 Å². The summed E-state index contributed by atoms with van der Waals surface area (Å²) in [6.45, 7) is 0. The third-order valence-electron chi connectivity index (χ3n) is 2.86. The lowest BCUT2D eigenvalue weighted by atomic mass is 10.1. The molecule has 3 N–H and O–H groups in total. The van der Waals surface area contributed by atoms with Gasteiger partial charge in [0.05, 0.1) is 0 Å². The van der Waals surface area contributed by atoms with Gasteiger partial charge < -0.3 is 5.32 Å². The monoisotopic (exact) mass is 281 g/mol. The van der Waals surface area contributed by atoms with Crippen LogP contribution in [0.5, 0.6) is 0 Å². The molecule has 21 heavy (non-hydrogen) atoms. The van der Waals surface area contributed by atoms with Crippen LogP contribution in [0.1, 0.15) is 0 Å². The Morgan fingerprint density at radius 2 is 1.71 bits per heavy atom. The molecule has 0 atom stereocenters. The van der Waals surface area contributed by atoms with Gasteiger partial charge in [0.15, 0.2) is 0 Å². The number of nitrogens with zero attached hydrogens (tertiary/aromatic N) is 2. The first-order chi connectivity index (χ1) is 10.2. The third-order valence-corrected chi connectivity index (χ3v) is 2.86. The van der Waals surface area contributed by atoms with E-state index in [2.05, 4.69) is 25.8 Å². The normalized spacial score (nSPS) is 10.3. The SMILES string of the molecule is O=C(Nc1ccc2ccccc2c1)C(=O)Nc1ncn[nH]1. The molecule has 0 bridgehead atoms. The van der Waals surface area contributed by atoms with E-state index in [4.69, 9.17) is 0 Å². The predicted molar refractivity (Wildman–Crippen MR) is 77.6 cm³/mol. The number of nitrogens with one attached hydrogen (secondary N) is 3. The minimum atomic E-state index is -0.820. The first kappa shape index (κ1) is 12.8. The van der Waals surface area contributed by atoms with Gasteiger partial charge >= 0.3 is 11.8 Å². The maximum atomic E-state index is 11.8. The van der Waals surface area contributed by atoms with Gasteiger partial charge in [0.25, 0.3) is 0 Å². The number of fused-ring (bicyclic) bond motifs is 1. The van der Waals surface area contributed by atoms with Gasteiger partial charge in [0.1, 0.15) is 6.33 Å². The van der Waals surface area contributed by atoms with Gasteiger partial charge in [-0.05, 0) is 22.9 Å². The number of aromatic amines is 1. The highest BCUT2D eigenvalue weighted by Crippen LogP contribution is 2.18. The summed E-state index contributed by atoms with van der Waals surface area (Å²) in [4.78, 5) is 27.2. The molecule has 7 nitrogen and oxygen atoms in total. The van der Waals surface area contributed by atoms with E-state index in [1.165, 1.54) is 6.33 Å². The smallest absolute Gasteiger partial charge is 0.316 e. The van der Waals surface area contributed by atoms with E-state index in [0.717, 1.165) is 10.8 Å². The van der Waals surface area contributed by atoms with Crippen molar-refractivity contribution in [1.29, 1.82) is 0 Å². The molecule has 0 saturated carbocycles. The highest BCUT2D eigenvalue weighted by Gasteiger charge is 2.15. The fraction of sp³-hybridized carbons (Fsp3) is 0. The topological polar surface area (TPSA) is 99.8 Å². The van der Waals surface area contributed by atoms with Crippen molar-refractivity contribution in [2.24, 2.45) is 0 Å². The van der Waals surface area contributed by atoms with Crippen molar-refractivity contribution in [3.63, 3.8) is 0 Å². The average Bonchev–Trinajstić information content (AvgIpc) is 3.00. The van der Waals surface area contributed by atoms with Crippen molar-refractivity contribution in [3.05, 3.63) is 48.8 Å². The molecule has 0 saturated heterocycles. The first-order valence-electron chi connectivity index (χ1n) is 6.19. The molecule has 1 aromatic heterocycles. The van der Waals surface area contributed by atoms with Gasteiger partial charge in [-0.25, -0.2) is 5.10 Å². The Morgan fingerprint density at radius 1 is 0.952 bits per heavy atom. The molecule has 104 valence electrons. The van der Waals surface area contributed by atoms with Crippen LogP contribution in [0, 0.1) is 0 Å². The zero-order chi connectivity index (χ0) is 14.7. The zero-order valence-electron chi connectivity index (χ0n) is 10.8. The van der Waals surface area contributed by atoms with E-state index in [0.29, 0.717) is 5.69 Å². The Kier molecular flexibility index (Phi) is 3.30. The van der Waals surface area contributed by atoms with Gasteiger partial charge in [0, 0.05) is 5.69 Å². The Hall–Kier alpha value is -3.22. The van der Waals surface area contributed by atoms with Crippen molar-refractivity contribution in [3.8, 4) is 0 Å². The lowest BCUT2D eigenvalue weighted by Crippen LogP contribution is -2.29. The molecule has 0 radical (unpaired) electrons. The number of amides is 2. The van der Waals surface area contributed by atoms with Gasteiger partial charge in [-0.15, -0.1) is 0 Å². The fourth-order valence-electron chi connectivity index (χ4n) is 1.88. The van der Waals surface area contributed by atoms with Crippen LogP contribution in [0.2, 0.25) is 0 Å². The molecule has 0 unspecified atom stereocenters. The summed E-state index contributed by atoms with van der Waals surface area (Å²) >= 11 is 0. The highest BCUT2D eigenvalue weighted by molar-refractivity contribution is 6.43. The fourth-order valence-corrected chi connectivity index (χ4v) is 1.88. The molecule has 3 rings (SSSR count). The third kappa shape index (κ3) is 2.86. The standard InChI is InChI=1S/C14H11N5O2/c20-12(13(21)18-14-15-8-16-19-14)17-11-6-5-9-3-1-2-4-10(9)7-11/h1-8H,(H,17,20)(H2,15,16,18,19,21). The number of rotatable bonds is 2. The average molecular weight is 281 g/mol. The molecule has 1 heterocycles. The van der Waals surface area contributed by atoms with Crippen LogP contribution in [0.3, 0.4) is 0 Å². The van der Waals surface area contributed by atoms with E-state index >= 15 is 0 Å². The van der Waals surface area contributed by atoms with Crippen molar-refractivity contribution < 1.29 is 9.59 Å². The van der Waals surface area contributed by atoms with Crippen molar-refractivity contribution in [1.82, 2.24) is 15.2 Å². The van der Waals surface area contributed by atoms with Gasteiger partial charge in [-0.1, -0.05) is 30.3 Å². The highest BCUT2D eigenvalue weighted by atomic mass is 16.2. The van der Waals surface area contributed by atoms with Crippen LogP contribution in [0.4, 0.5) is 11.6 Å². The Labute approximate surface area is 119 Å². The Bertz CT molecular complexity index is 798. The summed E-state index contributed by atoms with van der Waals surface area (Å²) in [5.41, 5.74) is 0.548. The summed E-state index contributed by atoms with van der Waals surface area (Å²) < 4.78 is 0. The second-order valence-corrected chi connectivity index (χ2v) is 4.30. The number of H-pyrrole nitrogens is 1. The van der Waals surface area contributed by atoms with Crippen LogP contribution in [0.15, 0.2) is 48.8 Å². The molecule has 2 amide bonds. The number of aromatic nitrogens is 3. The summed E-state index contributed by atoms with van der Waals surface area (Å²) in [7, 11) is 0. The molecule has 0 aliphatic heterocycles. The molecular formula is C14H11N5O2. The number of benzene rings is 2. The molecule has 0 aliphatic rings. The second-order valence-electron chi connectivity index (χ2n) is 4.30. The van der Waals surface area contributed by atoms with Crippen LogP contribution in [-0.4, -0.2) is 27.0 Å². The number of anilines is 2. The maximum absolute atomic E-state index is 11.8.